The third-order valence-electron chi connectivity index (χ3n) is 2.97. The molecule has 0 saturated carbocycles. The van der Waals surface area contributed by atoms with Crippen molar-refractivity contribution >= 4 is 39.1 Å². The van der Waals surface area contributed by atoms with Gasteiger partial charge >= 0.3 is 0 Å². The molecule has 0 aliphatic rings. The number of rotatable bonds is 4. The molecule has 2 aromatic carbocycles. The molecule has 22 heavy (non-hydrogen) atoms. The van der Waals surface area contributed by atoms with E-state index in [2.05, 4.69) is 21.2 Å². The van der Waals surface area contributed by atoms with E-state index in [1.165, 1.54) is 30.0 Å². The van der Waals surface area contributed by atoms with Crippen LogP contribution in [-0.4, -0.2) is 18.4 Å². The maximum atomic E-state index is 13.5. The van der Waals surface area contributed by atoms with Crippen LogP contribution in [0.3, 0.4) is 0 Å². The first-order chi connectivity index (χ1) is 10.5. The summed E-state index contributed by atoms with van der Waals surface area (Å²) in [5.41, 5.74) is 0.686. The van der Waals surface area contributed by atoms with Crippen LogP contribution in [0.25, 0.3) is 0 Å². The minimum Gasteiger partial charge on any atom is -0.322 e. The summed E-state index contributed by atoms with van der Waals surface area (Å²) in [6.45, 7) is 1.18. The molecule has 0 heterocycles. The topological polar surface area (TPSA) is 49.4 Å². The zero-order valence-electron chi connectivity index (χ0n) is 11.8. The Morgan fingerprint density at radius 1 is 1.14 bits per heavy atom. The molecule has 2 amide bonds. The lowest BCUT2D eigenvalue weighted by Crippen LogP contribution is -2.36. The number of nitrogens with zero attached hydrogens (tertiary/aromatic N) is 1. The average Bonchev–Trinajstić information content (AvgIpc) is 2.48. The van der Waals surface area contributed by atoms with Crippen LogP contribution in [0.2, 0.25) is 0 Å². The van der Waals surface area contributed by atoms with Crippen molar-refractivity contribution in [3.8, 4) is 0 Å². The Kier molecular flexibility index (Phi) is 5.27. The van der Waals surface area contributed by atoms with Gasteiger partial charge in [-0.25, -0.2) is 4.39 Å². The van der Waals surface area contributed by atoms with Crippen LogP contribution >= 0.6 is 15.9 Å². The van der Waals surface area contributed by atoms with Crippen LogP contribution in [-0.2, 0) is 9.59 Å². The Hall–Kier alpha value is -2.21. The molecular formula is C16H14BrFN2O2. The molecular weight excluding hydrogens is 351 g/mol. The molecule has 6 heteroatoms. The van der Waals surface area contributed by atoms with E-state index in [0.29, 0.717) is 5.69 Å². The van der Waals surface area contributed by atoms with Gasteiger partial charge in [0, 0.05) is 17.1 Å². The Labute approximate surface area is 136 Å². The molecule has 0 aliphatic heterocycles. The van der Waals surface area contributed by atoms with Gasteiger partial charge in [0.2, 0.25) is 11.8 Å². The minimum absolute atomic E-state index is 0.0896. The number of carbonyl (C=O) groups is 2. The van der Waals surface area contributed by atoms with Crippen molar-refractivity contribution in [3.63, 3.8) is 0 Å². The zero-order valence-corrected chi connectivity index (χ0v) is 13.4. The normalized spacial score (nSPS) is 10.1. The highest BCUT2D eigenvalue weighted by Gasteiger charge is 2.16. The van der Waals surface area contributed by atoms with Crippen molar-refractivity contribution < 1.29 is 14.0 Å². The molecule has 2 aromatic rings. The van der Waals surface area contributed by atoms with E-state index in [4.69, 9.17) is 0 Å². The van der Waals surface area contributed by atoms with Crippen LogP contribution in [0, 0.1) is 5.82 Å². The summed E-state index contributed by atoms with van der Waals surface area (Å²) in [6, 6.07) is 12.9. The predicted octanol–water partition coefficient (Wildman–Crippen LogP) is 3.58. The molecule has 2 rings (SSSR count). The number of hydrogen-bond donors (Lipinski definition) is 1. The summed E-state index contributed by atoms with van der Waals surface area (Å²) in [7, 11) is 0. The first kappa shape index (κ1) is 16.2. The smallest absolute Gasteiger partial charge is 0.244 e. The van der Waals surface area contributed by atoms with E-state index in [9.17, 15) is 14.0 Å². The molecule has 0 aromatic heterocycles. The predicted molar refractivity (Wildman–Crippen MR) is 87.2 cm³/mol. The Balaban J connectivity index is 2.11. The molecule has 0 radical (unpaired) electrons. The van der Waals surface area contributed by atoms with Crippen molar-refractivity contribution in [2.45, 2.75) is 6.92 Å². The van der Waals surface area contributed by atoms with Crippen molar-refractivity contribution in [1.29, 1.82) is 0 Å². The lowest BCUT2D eigenvalue weighted by Gasteiger charge is -2.20. The third-order valence-corrected chi connectivity index (χ3v) is 3.50. The van der Waals surface area contributed by atoms with Crippen molar-refractivity contribution in [2.75, 3.05) is 16.8 Å². The van der Waals surface area contributed by atoms with Crippen LogP contribution in [0.5, 0.6) is 0 Å². The largest absolute Gasteiger partial charge is 0.322 e. The van der Waals surface area contributed by atoms with E-state index in [1.807, 2.05) is 0 Å². The van der Waals surface area contributed by atoms with Gasteiger partial charge in [0.05, 0.1) is 5.69 Å². The second-order valence-corrected chi connectivity index (χ2v) is 5.53. The van der Waals surface area contributed by atoms with Gasteiger partial charge in [0.15, 0.2) is 0 Å². The highest BCUT2D eigenvalue weighted by Crippen LogP contribution is 2.19. The molecule has 0 saturated heterocycles. The summed E-state index contributed by atoms with van der Waals surface area (Å²) in [6.07, 6.45) is 0. The fourth-order valence-electron chi connectivity index (χ4n) is 1.90. The van der Waals surface area contributed by atoms with Gasteiger partial charge in [-0.3, -0.25) is 9.59 Å². The molecule has 1 N–H and O–H groups in total. The fraction of sp³-hybridized carbons (Fsp3) is 0.125. The van der Waals surface area contributed by atoms with Crippen LogP contribution in [0.15, 0.2) is 53.0 Å². The van der Waals surface area contributed by atoms with Gasteiger partial charge < -0.3 is 10.2 Å². The van der Waals surface area contributed by atoms with E-state index >= 15 is 0 Å². The molecule has 4 nitrogen and oxygen atoms in total. The Morgan fingerprint density at radius 2 is 1.77 bits per heavy atom. The van der Waals surface area contributed by atoms with Gasteiger partial charge in [-0.2, -0.15) is 0 Å². The Morgan fingerprint density at radius 3 is 2.36 bits per heavy atom. The quantitative estimate of drug-likeness (QED) is 0.901. The number of carbonyl (C=O) groups excluding carboxylic acids is 2. The highest BCUT2D eigenvalue weighted by molar-refractivity contribution is 9.10. The number of nitrogens with one attached hydrogen (secondary N) is 1. The van der Waals surface area contributed by atoms with Gasteiger partial charge in [0.25, 0.3) is 0 Å². The van der Waals surface area contributed by atoms with Crippen LogP contribution in [0.4, 0.5) is 15.8 Å². The summed E-state index contributed by atoms with van der Waals surface area (Å²) >= 11 is 3.31. The monoisotopic (exact) mass is 364 g/mol. The maximum Gasteiger partial charge on any atom is 0.244 e. The van der Waals surface area contributed by atoms with E-state index < -0.39 is 11.7 Å². The van der Waals surface area contributed by atoms with Crippen LogP contribution < -0.4 is 10.2 Å². The summed E-state index contributed by atoms with van der Waals surface area (Å²) in [4.78, 5) is 25.1. The van der Waals surface area contributed by atoms with E-state index in [0.717, 1.165) is 4.47 Å². The summed E-state index contributed by atoms with van der Waals surface area (Å²) in [5.74, 6) is -1.26. The standard InChI is InChI=1S/C16H14BrFN2O2/c1-11(21)20(13-8-6-12(17)7-9-13)10-16(22)19-15-5-3-2-4-14(15)18/h2-9H,10H2,1H3,(H,19,22). The maximum absolute atomic E-state index is 13.5. The second kappa shape index (κ2) is 7.17. The van der Waals surface area contributed by atoms with Crippen molar-refractivity contribution in [2.24, 2.45) is 0 Å². The van der Waals surface area contributed by atoms with Gasteiger partial charge in [-0.1, -0.05) is 28.1 Å². The SMILES string of the molecule is CC(=O)N(CC(=O)Nc1ccccc1F)c1ccc(Br)cc1. The van der Waals surface area contributed by atoms with Gasteiger partial charge in [-0.15, -0.1) is 0 Å². The number of anilines is 2. The number of halogens is 2. The third kappa shape index (κ3) is 4.14. The molecule has 0 fully saturated rings. The van der Waals surface area contributed by atoms with Gasteiger partial charge in [0.1, 0.15) is 12.4 Å². The number of amides is 2. The number of para-hydroxylation sites is 1. The summed E-state index contributed by atoms with van der Waals surface area (Å²) < 4.78 is 14.4. The molecule has 0 bridgehead atoms. The van der Waals surface area contributed by atoms with Crippen molar-refractivity contribution in [1.82, 2.24) is 0 Å². The minimum atomic E-state index is -0.520. The number of benzene rings is 2. The summed E-state index contributed by atoms with van der Waals surface area (Å²) in [5, 5.41) is 2.46. The van der Waals surface area contributed by atoms with Crippen molar-refractivity contribution in [3.05, 3.63) is 58.8 Å². The first-order valence-electron chi connectivity index (χ1n) is 6.55. The molecule has 0 unspecified atom stereocenters. The first-order valence-corrected chi connectivity index (χ1v) is 7.34. The molecule has 0 spiro atoms. The van der Waals surface area contributed by atoms with Gasteiger partial charge in [-0.05, 0) is 36.4 Å². The zero-order chi connectivity index (χ0) is 16.1. The lowest BCUT2D eigenvalue weighted by molar-refractivity contribution is -0.120. The number of hydrogen-bond acceptors (Lipinski definition) is 2. The van der Waals surface area contributed by atoms with Crippen LogP contribution in [0.1, 0.15) is 6.92 Å². The second-order valence-electron chi connectivity index (χ2n) is 4.61. The Bertz CT molecular complexity index is 689. The molecule has 0 aliphatic carbocycles. The highest BCUT2D eigenvalue weighted by atomic mass is 79.9. The average molecular weight is 365 g/mol. The molecule has 0 atom stereocenters. The molecule has 114 valence electrons. The van der Waals surface area contributed by atoms with E-state index in [-0.39, 0.29) is 18.1 Å². The fourth-order valence-corrected chi connectivity index (χ4v) is 2.17. The van der Waals surface area contributed by atoms with E-state index in [1.54, 1.807) is 30.3 Å². The lowest BCUT2D eigenvalue weighted by atomic mass is 10.2.